The van der Waals surface area contributed by atoms with Crippen molar-refractivity contribution in [2.75, 3.05) is 13.1 Å². The summed E-state index contributed by atoms with van der Waals surface area (Å²) in [7, 11) is 0. The van der Waals surface area contributed by atoms with Gasteiger partial charge in [-0.1, -0.05) is 59.5 Å². The van der Waals surface area contributed by atoms with Crippen molar-refractivity contribution in [3.8, 4) is 0 Å². The van der Waals surface area contributed by atoms with Crippen LogP contribution in [0.2, 0.25) is 0 Å². The minimum Gasteiger partial charge on any atom is -0.344 e. The number of amides is 2. The number of nitrogens with one attached hydrogen (secondary N) is 1. The highest BCUT2D eigenvalue weighted by atomic mass is 16.2. The van der Waals surface area contributed by atoms with Gasteiger partial charge in [-0.05, 0) is 24.8 Å². The average Bonchev–Trinajstić information content (AvgIpc) is 2.56. The van der Waals surface area contributed by atoms with Crippen molar-refractivity contribution in [2.45, 2.75) is 78.2 Å². The number of carbonyl (C=O) groups excluding carboxylic acids is 3. The predicted octanol–water partition coefficient (Wildman–Crippen LogP) is 3.24. The Hall–Kier alpha value is -1.65. The topological polar surface area (TPSA) is 66.5 Å². The summed E-state index contributed by atoms with van der Waals surface area (Å²) >= 11 is 0. The standard InChI is InChI=1S/C19H34N2O3/c1-5-8-9-10-13-21(15-22)14-18(23)20-17(12-7-3)19(24)16(4)11-6-2/h15,17H,4-14H2,1-3H3,(H,20,23). The van der Waals surface area contributed by atoms with Crippen LogP contribution in [0.1, 0.15) is 72.1 Å². The number of Topliss-reactive ketones (excluding diaryl/α,β-unsaturated/α-hetero) is 1. The first-order valence-corrected chi connectivity index (χ1v) is 9.20. The maximum absolute atomic E-state index is 12.4. The number of carbonyl (C=O) groups is 3. The van der Waals surface area contributed by atoms with E-state index in [1.54, 1.807) is 0 Å². The third-order valence-electron chi connectivity index (χ3n) is 3.92. The summed E-state index contributed by atoms with van der Waals surface area (Å²) in [6.45, 7) is 10.5. The fraction of sp³-hybridized carbons (Fsp3) is 0.737. The maximum atomic E-state index is 12.4. The minimum atomic E-state index is -0.532. The third kappa shape index (κ3) is 9.48. The van der Waals surface area contributed by atoms with Crippen molar-refractivity contribution in [3.63, 3.8) is 0 Å². The lowest BCUT2D eigenvalue weighted by Crippen LogP contribution is -2.45. The van der Waals surface area contributed by atoms with E-state index in [1.165, 1.54) is 4.90 Å². The molecule has 0 saturated carbocycles. The smallest absolute Gasteiger partial charge is 0.240 e. The Balaban J connectivity index is 4.50. The van der Waals surface area contributed by atoms with E-state index in [9.17, 15) is 14.4 Å². The molecule has 0 heterocycles. The number of nitrogens with zero attached hydrogens (tertiary/aromatic N) is 1. The average molecular weight is 338 g/mol. The Morgan fingerprint density at radius 1 is 1.08 bits per heavy atom. The lowest BCUT2D eigenvalue weighted by molar-refractivity contribution is -0.130. The maximum Gasteiger partial charge on any atom is 0.240 e. The number of ketones is 1. The van der Waals surface area contributed by atoms with Gasteiger partial charge in [0.05, 0.1) is 12.6 Å². The number of rotatable bonds is 15. The Kier molecular flexibility index (Phi) is 12.8. The monoisotopic (exact) mass is 338 g/mol. The van der Waals surface area contributed by atoms with E-state index in [4.69, 9.17) is 0 Å². The SMILES string of the molecule is C=C(CCC)C(=O)C(CCC)NC(=O)CN(C=O)CCCCCC. The molecule has 0 spiro atoms. The van der Waals surface area contributed by atoms with E-state index < -0.39 is 6.04 Å². The molecule has 0 aromatic carbocycles. The first-order valence-electron chi connectivity index (χ1n) is 9.20. The van der Waals surface area contributed by atoms with E-state index >= 15 is 0 Å². The number of unbranched alkanes of at least 4 members (excludes halogenated alkanes) is 3. The summed E-state index contributed by atoms with van der Waals surface area (Å²) in [5.41, 5.74) is 0.558. The van der Waals surface area contributed by atoms with Gasteiger partial charge in [-0.3, -0.25) is 14.4 Å². The van der Waals surface area contributed by atoms with Crippen molar-refractivity contribution in [1.82, 2.24) is 10.2 Å². The van der Waals surface area contributed by atoms with Gasteiger partial charge in [-0.2, -0.15) is 0 Å². The summed E-state index contributed by atoms with van der Waals surface area (Å²) in [6, 6.07) is -0.532. The Bertz CT molecular complexity index is 407. The second-order valence-electron chi connectivity index (χ2n) is 6.26. The van der Waals surface area contributed by atoms with Gasteiger partial charge in [0.15, 0.2) is 5.78 Å². The van der Waals surface area contributed by atoms with Crippen LogP contribution in [-0.4, -0.2) is 42.1 Å². The zero-order valence-corrected chi connectivity index (χ0v) is 15.6. The van der Waals surface area contributed by atoms with Gasteiger partial charge in [0.25, 0.3) is 0 Å². The lowest BCUT2D eigenvalue weighted by atomic mass is 9.98. The van der Waals surface area contributed by atoms with E-state index in [0.29, 0.717) is 31.4 Å². The molecule has 24 heavy (non-hydrogen) atoms. The van der Waals surface area contributed by atoms with E-state index in [-0.39, 0.29) is 18.2 Å². The van der Waals surface area contributed by atoms with Crippen LogP contribution < -0.4 is 5.32 Å². The van der Waals surface area contributed by atoms with Crippen LogP contribution in [0.5, 0.6) is 0 Å². The van der Waals surface area contributed by atoms with Crippen LogP contribution in [0.15, 0.2) is 12.2 Å². The van der Waals surface area contributed by atoms with Crippen molar-refractivity contribution < 1.29 is 14.4 Å². The molecule has 0 aromatic rings. The summed E-state index contributed by atoms with van der Waals surface area (Å²) in [5, 5.41) is 2.77. The van der Waals surface area contributed by atoms with Gasteiger partial charge in [-0.15, -0.1) is 0 Å². The van der Waals surface area contributed by atoms with Crippen LogP contribution in [0.25, 0.3) is 0 Å². The molecule has 0 radical (unpaired) electrons. The Labute approximate surface area is 146 Å². The predicted molar refractivity (Wildman–Crippen MR) is 97.7 cm³/mol. The molecule has 5 nitrogen and oxygen atoms in total. The summed E-state index contributed by atoms with van der Waals surface area (Å²) in [6.07, 6.45) is 7.80. The van der Waals surface area contributed by atoms with Gasteiger partial charge in [0.1, 0.15) is 0 Å². The molecule has 0 bridgehead atoms. The third-order valence-corrected chi connectivity index (χ3v) is 3.92. The molecule has 2 amide bonds. The van der Waals surface area contributed by atoms with Gasteiger partial charge in [0, 0.05) is 6.54 Å². The van der Waals surface area contributed by atoms with Gasteiger partial charge in [0.2, 0.25) is 12.3 Å². The van der Waals surface area contributed by atoms with Crippen LogP contribution in [-0.2, 0) is 14.4 Å². The molecular formula is C19H34N2O3. The Morgan fingerprint density at radius 3 is 2.33 bits per heavy atom. The Morgan fingerprint density at radius 2 is 1.79 bits per heavy atom. The molecule has 1 atom stereocenters. The van der Waals surface area contributed by atoms with Crippen LogP contribution in [0.4, 0.5) is 0 Å². The molecule has 0 saturated heterocycles. The summed E-state index contributed by atoms with van der Waals surface area (Å²) < 4.78 is 0. The van der Waals surface area contributed by atoms with Crippen LogP contribution in [0, 0.1) is 0 Å². The second-order valence-corrected chi connectivity index (χ2v) is 6.26. The molecule has 1 N–H and O–H groups in total. The molecule has 1 unspecified atom stereocenters. The number of hydrogen-bond acceptors (Lipinski definition) is 3. The molecule has 0 aliphatic heterocycles. The zero-order valence-electron chi connectivity index (χ0n) is 15.6. The van der Waals surface area contributed by atoms with Gasteiger partial charge < -0.3 is 10.2 Å². The molecule has 138 valence electrons. The largest absolute Gasteiger partial charge is 0.344 e. The van der Waals surface area contributed by atoms with Crippen LogP contribution >= 0.6 is 0 Å². The van der Waals surface area contributed by atoms with E-state index in [2.05, 4.69) is 18.8 Å². The first kappa shape index (κ1) is 22.4. The second kappa shape index (κ2) is 13.8. The van der Waals surface area contributed by atoms with Crippen LogP contribution in [0.3, 0.4) is 0 Å². The lowest BCUT2D eigenvalue weighted by Gasteiger charge is -2.21. The van der Waals surface area contributed by atoms with Crippen molar-refractivity contribution in [1.29, 1.82) is 0 Å². The van der Waals surface area contributed by atoms with Crippen molar-refractivity contribution >= 4 is 18.1 Å². The van der Waals surface area contributed by atoms with Crippen molar-refractivity contribution in [3.05, 3.63) is 12.2 Å². The van der Waals surface area contributed by atoms with Crippen molar-refractivity contribution in [2.24, 2.45) is 0 Å². The molecule has 0 rings (SSSR count). The molecule has 0 aliphatic rings. The molecule has 5 heteroatoms. The summed E-state index contributed by atoms with van der Waals surface area (Å²) in [5.74, 6) is -0.374. The highest BCUT2D eigenvalue weighted by Crippen LogP contribution is 2.10. The van der Waals surface area contributed by atoms with Gasteiger partial charge >= 0.3 is 0 Å². The molecule has 0 aliphatic carbocycles. The van der Waals surface area contributed by atoms with Gasteiger partial charge in [-0.25, -0.2) is 0 Å². The molecule has 0 fully saturated rings. The van der Waals surface area contributed by atoms with E-state index in [0.717, 1.165) is 38.5 Å². The number of hydrogen-bond donors (Lipinski definition) is 1. The first-order chi connectivity index (χ1) is 11.5. The normalized spacial score (nSPS) is 11.6. The molecular weight excluding hydrogens is 304 g/mol. The van der Waals surface area contributed by atoms with E-state index in [1.807, 2.05) is 13.8 Å². The fourth-order valence-electron chi connectivity index (χ4n) is 2.56. The minimum absolute atomic E-state index is 0.00335. The fourth-order valence-corrected chi connectivity index (χ4v) is 2.56. The molecule has 0 aromatic heterocycles. The highest BCUT2D eigenvalue weighted by molar-refractivity contribution is 6.01. The highest BCUT2D eigenvalue weighted by Gasteiger charge is 2.22. The summed E-state index contributed by atoms with van der Waals surface area (Å²) in [4.78, 5) is 37.1. The quantitative estimate of drug-likeness (QED) is 0.283. The zero-order chi connectivity index (χ0) is 18.4.